The van der Waals surface area contributed by atoms with Crippen LogP contribution in [0.25, 0.3) is 0 Å². The molecule has 1 aromatic heterocycles. The molecular weight excluding hydrogens is 224 g/mol. The first-order valence-corrected chi connectivity index (χ1v) is 7.15. The van der Waals surface area contributed by atoms with E-state index in [9.17, 15) is 0 Å². The predicted octanol–water partition coefficient (Wildman–Crippen LogP) is 1.52. The van der Waals surface area contributed by atoms with Crippen molar-refractivity contribution >= 4 is 0 Å². The van der Waals surface area contributed by atoms with Crippen LogP contribution in [0.15, 0.2) is 12.5 Å². The number of rotatable bonds is 6. The number of piperidine rings is 1. The molecule has 4 heteroatoms. The van der Waals surface area contributed by atoms with E-state index in [4.69, 9.17) is 0 Å². The largest absolute Gasteiger partial charge is 0.337 e. The lowest BCUT2D eigenvalue weighted by molar-refractivity contribution is 0.171. The molecule has 0 spiro atoms. The monoisotopic (exact) mass is 250 g/mol. The van der Waals surface area contributed by atoms with Gasteiger partial charge in [0.1, 0.15) is 0 Å². The Kier molecular flexibility index (Phi) is 5.20. The van der Waals surface area contributed by atoms with Crippen LogP contribution in [0.1, 0.15) is 31.4 Å². The molecule has 4 nitrogen and oxygen atoms in total. The van der Waals surface area contributed by atoms with E-state index >= 15 is 0 Å². The summed E-state index contributed by atoms with van der Waals surface area (Å²) in [5.74, 6) is 0. The fourth-order valence-corrected chi connectivity index (χ4v) is 2.72. The zero-order valence-corrected chi connectivity index (χ0v) is 11.7. The Hall–Kier alpha value is -0.870. The minimum atomic E-state index is 0.766. The third-order valence-corrected chi connectivity index (χ3v) is 3.96. The summed E-state index contributed by atoms with van der Waals surface area (Å²) in [4.78, 5) is 6.96. The number of nitrogens with zero attached hydrogens (tertiary/aromatic N) is 3. The molecule has 1 aromatic rings. The molecule has 1 aliphatic heterocycles. The molecule has 1 saturated heterocycles. The smallest absolute Gasteiger partial charge is 0.0949 e. The summed E-state index contributed by atoms with van der Waals surface area (Å²) in [5, 5.41) is 3.16. The first-order valence-electron chi connectivity index (χ1n) is 7.15. The van der Waals surface area contributed by atoms with Crippen molar-refractivity contribution in [3.63, 3.8) is 0 Å². The number of imidazole rings is 1. The molecule has 2 heterocycles. The number of aryl methyl sites for hydroxylation is 1. The van der Waals surface area contributed by atoms with Gasteiger partial charge in [0.2, 0.25) is 0 Å². The molecule has 0 saturated carbocycles. The van der Waals surface area contributed by atoms with Crippen molar-refractivity contribution in [2.45, 2.75) is 44.7 Å². The fraction of sp³-hybridized carbons (Fsp3) is 0.786. The Morgan fingerprint density at radius 1 is 1.44 bits per heavy atom. The number of aromatic nitrogens is 2. The topological polar surface area (TPSA) is 33.1 Å². The zero-order valence-electron chi connectivity index (χ0n) is 11.7. The molecule has 18 heavy (non-hydrogen) atoms. The molecule has 0 bridgehead atoms. The minimum absolute atomic E-state index is 0.766. The predicted molar refractivity (Wildman–Crippen MR) is 74.7 cm³/mol. The zero-order chi connectivity index (χ0) is 12.8. The molecule has 1 fully saturated rings. The highest BCUT2D eigenvalue weighted by Crippen LogP contribution is 2.18. The normalized spacial score (nSPS) is 21.3. The highest BCUT2D eigenvalue weighted by Gasteiger charge is 2.18. The van der Waals surface area contributed by atoms with Gasteiger partial charge in [-0.1, -0.05) is 6.42 Å². The molecule has 0 amide bonds. The highest BCUT2D eigenvalue weighted by atomic mass is 15.1. The van der Waals surface area contributed by atoms with Crippen LogP contribution in [0.5, 0.6) is 0 Å². The molecule has 1 atom stereocenters. The summed E-state index contributed by atoms with van der Waals surface area (Å²) in [6, 6.07) is 0.766. The molecular formula is C14H26N4. The third kappa shape index (κ3) is 3.82. The Morgan fingerprint density at radius 3 is 3.11 bits per heavy atom. The molecule has 0 aliphatic carbocycles. The maximum atomic E-state index is 4.45. The van der Waals surface area contributed by atoms with Gasteiger partial charge in [-0.25, -0.2) is 4.98 Å². The van der Waals surface area contributed by atoms with Crippen molar-refractivity contribution in [2.75, 3.05) is 27.2 Å². The van der Waals surface area contributed by atoms with Crippen LogP contribution < -0.4 is 5.32 Å². The third-order valence-electron chi connectivity index (χ3n) is 3.96. The summed E-state index contributed by atoms with van der Waals surface area (Å²) in [5.41, 5.74) is 1.20. The van der Waals surface area contributed by atoms with Crippen LogP contribution in [0, 0.1) is 0 Å². The second-order valence-electron chi connectivity index (χ2n) is 5.38. The SMILES string of the molecule is CNCCc1cn(CCC2CCCCN2C)cn1. The summed E-state index contributed by atoms with van der Waals surface area (Å²) in [7, 11) is 4.24. The van der Waals surface area contributed by atoms with Gasteiger partial charge < -0.3 is 14.8 Å². The van der Waals surface area contributed by atoms with Gasteiger partial charge in [0.25, 0.3) is 0 Å². The maximum absolute atomic E-state index is 4.45. The van der Waals surface area contributed by atoms with E-state index in [1.807, 2.05) is 13.4 Å². The lowest BCUT2D eigenvalue weighted by Gasteiger charge is -2.32. The van der Waals surface area contributed by atoms with Crippen molar-refractivity contribution in [2.24, 2.45) is 0 Å². The molecule has 0 radical (unpaired) electrons. The maximum Gasteiger partial charge on any atom is 0.0949 e. The minimum Gasteiger partial charge on any atom is -0.337 e. The second-order valence-corrected chi connectivity index (χ2v) is 5.38. The van der Waals surface area contributed by atoms with Gasteiger partial charge in [0.05, 0.1) is 12.0 Å². The number of hydrogen-bond acceptors (Lipinski definition) is 3. The van der Waals surface area contributed by atoms with E-state index in [1.54, 1.807) is 0 Å². The molecule has 1 unspecified atom stereocenters. The van der Waals surface area contributed by atoms with Crippen LogP contribution >= 0.6 is 0 Å². The number of hydrogen-bond donors (Lipinski definition) is 1. The van der Waals surface area contributed by atoms with Crippen LogP contribution in [0.3, 0.4) is 0 Å². The second kappa shape index (κ2) is 6.90. The average Bonchev–Trinajstić information content (AvgIpc) is 2.83. The van der Waals surface area contributed by atoms with E-state index in [-0.39, 0.29) is 0 Å². The lowest BCUT2D eigenvalue weighted by Crippen LogP contribution is -2.36. The summed E-state index contributed by atoms with van der Waals surface area (Å²) >= 11 is 0. The van der Waals surface area contributed by atoms with Crippen molar-refractivity contribution < 1.29 is 0 Å². The first kappa shape index (κ1) is 13.6. The first-order chi connectivity index (χ1) is 8.79. The van der Waals surface area contributed by atoms with E-state index in [2.05, 4.69) is 33.0 Å². The quantitative estimate of drug-likeness (QED) is 0.831. The van der Waals surface area contributed by atoms with E-state index in [0.717, 1.165) is 25.6 Å². The van der Waals surface area contributed by atoms with Crippen LogP contribution in [-0.2, 0) is 13.0 Å². The highest BCUT2D eigenvalue weighted by molar-refractivity contribution is 4.97. The van der Waals surface area contributed by atoms with Gasteiger partial charge in [0, 0.05) is 31.7 Å². The molecule has 0 aromatic carbocycles. The fourth-order valence-electron chi connectivity index (χ4n) is 2.72. The van der Waals surface area contributed by atoms with Gasteiger partial charge >= 0.3 is 0 Å². The number of nitrogens with one attached hydrogen (secondary N) is 1. The summed E-state index contributed by atoms with van der Waals surface area (Å²) in [6.45, 7) is 3.37. The Balaban J connectivity index is 1.77. The number of likely N-dealkylation sites (N-methyl/N-ethyl adjacent to an activating group) is 1. The van der Waals surface area contributed by atoms with E-state index in [0.29, 0.717) is 0 Å². The Labute approximate surface area is 110 Å². The van der Waals surface area contributed by atoms with Gasteiger partial charge in [-0.05, 0) is 39.9 Å². The van der Waals surface area contributed by atoms with Gasteiger partial charge in [-0.3, -0.25) is 0 Å². The summed E-state index contributed by atoms with van der Waals surface area (Å²) in [6.07, 6.45) is 10.6. The van der Waals surface area contributed by atoms with Crippen molar-refractivity contribution in [3.05, 3.63) is 18.2 Å². The molecule has 1 aliphatic rings. The van der Waals surface area contributed by atoms with Gasteiger partial charge in [0.15, 0.2) is 0 Å². The molecule has 2 rings (SSSR count). The Bertz CT molecular complexity index is 347. The van der Waals surface area contributed by atoms with Crippen LogP contribution in [-0.4, -0.2) is 47.7 Å². The van der Waals surface area contributed by atoms with Crippen LogP contribution in [0.2, 0.25) is 0 Å². The van der Waals surface area contributed by atoms with Gasteiger partial charge in [-0.15, -0.1) is 0 Å². The standard InChI is InChI=1S/C14H26N4/c1-15-8-6-13-11-18(12-16-13)10-7-14-5-3-4-9-17(14)2/h11-12,14-15H,3-10H2,1-2H3. The van der Waals surface area contributed by atoms with Crippen LogP contribution in [0.4, 0.5) is 0 Å². The van der Waals surface area contributed by atoms with Gasteiger partial charge in [-0.2, -0.15) is 0 Å². The lowest BCUT2D eigenvalue weighted by atomic mass is 10.0. The van der Waals surface area contributed by atoms with E-state index < -0.39 is 0 Å². The molecule has 102 valence electrons. The number of likely N-dealkylation sites (tertiary alicyclic amines) is 1. The van der Waals surface area contributed by atoms with Crippen molar-refractivity contribution in [1.29, 1.82) is 0 Å². The average molecular weight is 250 g/mol. The molecule has 1 N–H and O–H groups in total. The summed E-state index contributed by atoms with van der Waals surface area (Å²) < 4.78 is 2.24. The Morgan fingerprint density at radius 2 is 2.33 bits per heavy atom. The van der Waals surface area contributed by atoms with E-state index in [1.165, 1.54) is 37.9 Å². The van der Waals surface area contributed by atoms with Crippen molar-refractivity contribution in [1.82, 2.24) is 19.8 Å². The van der Waals surface area contributed by atoms with Crippen molar-refractivity contribution in [3.8, 4) is 0 Å².